The molecule has 2 N–H and O–H groups in total. The van der Waals surface area contributed by atoms with E-state index >= 15 is 0 Å². The van der Waals surface area contributed by atoms with Gasteiger partial charge in [0.1, 0.15) is 5.82 Å². The quantitative estimate of drug-likeness (QED) is 0.810. The number of aryl methyl sites for hydroxylation is 1. The topological polar surface area (TPSA) is 38.9 Å². The smallest absolute Gasteiger partial charge is 0.375 e. The highest BCUT2D eigenvalue weighted by molar-refractivity contribution is 7.15. The first-order valence-electron chi connectivity index (χ1n) is 5.98. The first-order chi connectivity index (χ1) is 9.36. The summed E-state index contributed by atoms with van der Waals surface area (Å²) in [6.45, 7) is 0. The second kappa shape index (κ2) is 4.44. The molecule has 1 aromatic carbocycles. The summed E-state index contributed by atoms with van der Waals surface area (Å²) in [4.78, 5) is 4.90. The highest BCUT2D eigenvalue weighted by atomic mass is 32.1. The minimum absolute atomic E-state index is 0.0715. The van der Waals surface area contributed by atoms with Crippen molar-refractivity contribution in [2.24, 2.45) is 0 Å². The Morgan fingerprint density at radius 3 is 2.75 bits per heavy atom. The summed E-state index contributed by atoms with van der Waals surface area (Å²) in [5.74, 6) is -1.01. The molecule has 3 rings (SSSR count). The van der Waals surface area contributed by atoms with Gasteiger partial charge in [0, 0.05) is 10.8 Å². The van der Waals surface area contributed by atoms with Crippen molar-refractivity contribution in [2.45, 2.75) is 24.9 Å². The molecule has 1 aliphatic rings. The summed E-state index contributed by atoms with van der Waals surface area (Å²) in [6, 6.07) is 2.53. The number of hydrogen-bond acceptors (Lipinski definition) is 3. The molecule has 1 aliphatic carbocycles. The van der Waals surface area contributed by atoms with Crippen molar-refractivity contribution in [3.63, 3.8) is 0 Å². The van der Waals surface area contributed by atoms with Crippen LogP contribution in [-0.2, 0) is 12.6 Å². The zero-order chi connectivity index (χ0) is 14.5. The van der Waals surface area contributed by atoms with E-state index in [1.54, 1.807) is 0 Å². The number of thiazole rings is 1. The van der Waals surface area contributed by atoms with Gasteiger partial charge in [-0.2, -0.15) is 13.2 Å². The van der Waals surface area contributed by atoms with Crippen LogP contribution in [0, 0.1) is 5.82 Å². The van der Waals surface area contributed by atoms with Gasteiger partial charge in [-0.1, -0.05) is 0 Å². The number of anilines is 1. The van der Waals surface area contributed by atoms with Gasteiger partial charge < -0.3 is 5.73 Å². The van der Waals surface area contributed by atoms with Gasteiger partial charge in [-0.15, -0.1) is 11.3 Å². The number of rotatable bonds is 1. The minimum Gasteiger partial charge on any atom is -0.375 e. The summed E-state index contributed by atoms with van der Waals surface area (Å²) in [5, 5.41) is 0.368. The number of hydrogen-bond donors (Lipinski definition) is 1. The van der Waals surface area contributed by atoms with Crippen LogP contribution < -0.4 is 5.73 Å². The van der Waals surface area contributed by atoms with Crippen LogP contribution in [0.1, 0.15) is 34.0 Å². The van der Waals surface area contributed by atoms with Crippen LogP contribution >= 0.6 is 11.3 Å². The summed E-state index contributed by atoms with van der Waals surface area (Å²) in [7, 11) is 0. The molecule has 7 heteroatoms. The first-order valence-corrected chi connectivity index (χ1v) is 6.79. The predicted molar refractivity (Wildman–Crippen MR) is 68.1 cm³/mol. The van der Waals surface area contributed by atoms with Crippen LogP contribution in [-0.4, -0.2) is 4.98 Å². The predicted octanol–water partition coefficient (Wildman–Crippen LogP) is 3.96. The molecule has 0 bridgehead atoms. The van der Waals surface area contributed by atoms with Crippen LogP contribution in [0.25, 0.3) is 0 Å². The van der Waals surface area contributed by atoms with Gasteiger partial charge in [-0.3, -0.25) is 0 Å². The van der Waals surface area contributed by atoms with E-state index in [1.807, 2.05) is 0 Å². The van der Waals surface area contributed by atoms with Crippen LogP contribution in [0.15, 0.2) is 18.2 Å². The Balaban J connectivity index is 2.07. The van der Waals surface area contributed by atoms with E-state index in [2.05, 4.69) is 4.98 Å². The number of alkyl halides is 3. The van der Waals surface area contributed by atoms with Crippen LogP contribution in [0.3, 0.4) is 0 Å². The third-order valence-electron chi connectivity index (χ3n) is 3.43. The summed E-state index contributed by atoms with van der Waals surface area (Å²) in [5.41, 5.74) is 5.61. The lowest BCUT2D eigenvalue weighted by Crippen LogP contribution is -2.08. The monoisotopic (exact) mass is 302 g/mol. The highest BCUT2D eigenvalue weighted by Crippen LogP contribution is 2.44. The van der Waals surface area contributed by atoms with Crippen molar-refractivity contribution in [2.75, 3.05) is 5.73 Å². The molecular weight excluding hydrogens is 292 g/mol. The standard InChI is InChI=1S/C13H10F4N2S/c14-9-3-1-6(13(15,16)17)5-8(9)7-2-4-10-11(7)20-12(18)19-10/h1,3,5,7H,2,4H2,(H2,18,19). The summed E-state index contributed by atoms with van der Waals surface area (Å²) in [6.07, 6.45) is -3.30. The zero-order valence-electron chi connectivity index (χ0n) is 10.2. The molecule has 1 heterocycles. The Kier molecular flexibility index (Phi) is 2.97. The molecule has 2 nitrogen and oxygen atoms in total. The Hall–Kier alpha value is -1.63. The number of nitrogens with zero attached hydrogens (tertiary/aromatic N) is 1. The summed E-state index contributed by atoms with van der Waals surface area (Å²) >= 11 is 1.22. The molecule has 0 aliphatic heterocycles. The molecule has 0 saturated carbocycles. The number of nitrogen functional groups attached to an aromatic ring is 1. The highest BCUT2D eigenvalue weighted by Gasteiger charge is 2.34. The number of fused-ring (bicyclic) bond motifs is 1. The molecule has 0 saturated heterocycles. The van der Waals surface area contributed by atoms with Gasteiger partial charge in [0.25, 0.3) is 0 Å². The molecular formula is C13H10F4N2S. The number of aromatic nitrogens is 1. The fourth-order valence-electron chi connectivity index (χ4n) is 2.53. The van der Waals surface area contributed by atoms with E-state index in [4.69, 9.17) is 5.73 Å². The van der Waals surface area contributed by atoms with Crippen molar-refractivity contribution in [3.05, 3.63) is 45.7 Å². The van der Waals surface area contributed by atoms with Gasteiger partial charge in [0.15, 0.2) is 5.13 Å². The zero-order valence-corrected chi connectivity index (χ0v) is 11.0. The van der Waals surface area contributed by atoms with Crippen LogP contribution in [0.5, 0.6) is 0 Å². The minimum atomic E-state index is -4.48. The lowest BCUT2D eigenvalue weighted by Gasteiger charge is -2.14. The third kappa shape index (κ3) is 2.15. The lowest BCUT2D eigenvalue weighted by atomic mass is 9.96. The Morgan fingerprint density at radius 2 is 2.05 bits per heavy atom. The SMILES string of the molecule is Nc1nc2c(s1)C(c1cc(C(F)(F)F)ccc1F)CC2. The van der Waals surface area contributed by atoms with Gasteiger partial charge in [0.05, 0.1) is 11.3 Å². The van der Waals surface area contributed by atoms with Crippen molar-refractivity contribution in [1.82, 2.24) is 4.98 Å². The number of halogens is 4. The molecule has 0 spiro atoms. The summed E-state index contributed by atoms with van der Waals surface area (Å²) < 4.78 is 52.1. The Bertz CT molecular complexity index is 663. The van der Waals surface area contributed by atoms with Crippen molar-refractivity contribution < 1.29 is 17.6 Å². The fourth-order valence-corrected chi connectivity index (χ4v) is 3.56. The van der Waals surface area contributed by atoms with Gasteiger partial charge >= 0.3 is 6.18 Å². The average Bonchev–Trinajstić information content (AvgIpc) is 2.87. The number of nitrogens with two attached hydrogens (primary N) is 1. The van der Waals surface area contributed by atoms with Crippen LogP contribution in [0.2, 0.25) is 0 Å². The van der Waals surface area contributed by atoms with Crippen molar-refractivity contribution in [3.8, 4) is 0 Å². The molecule has 106 valence electrons. The van der Waals surface area contributed by atoms with E-state index < -0.39 is 17.6 Å². The number of benzene rings is 1. The maximum atomic E-state index is 13.9. The van der Waals surface area contributed by atoms with Crippen molar-refractivity contribution in [1.29, 1.82) is 0 Å². The molecule has 0 radical (unpaired) electrons. The fraction of sp³-hybridized carbons (Fsp3) is 0.308. The molecule has 1 aromatic heterocycles. The maximum Gasteiger partial charge on any atom is 0.416 e. The third-order valence-corrected chi connectivity index (χ3v) is 4.47. The molecule has 1 atom stereocenters. The van der Waals surface area contributed by atoms with E-state index in [0.29, 0.717) is 18.0 Å². The molecule has 1 unspecified atom stereocenters. The Labute approximate surface area is 116 Å². The van der Waals surface area contributed by atoms with E-state index in [1.165, 1.54) is 11.3 Å². The second-order valence-electron chi connectivity index (χ2n) is 4.69. The average molecular weight is 302 g/mol. The van der Waals surface area contributed by atoms with Gasteiger partial charge in [0.2, 0.25) is 0 Å². The molecule has 2 aromatic rings. The Morgan fingerprint density at radius 1 is 1.30 bits per heavy atom. The van der Waals surface area contributed by atoms with E-state index in [9.17, 15) is 17.6 Å². The van der Waals surface area contributed by atoms with E-state index in [-0.39, 0.29) is 11.5 Å². The molecule has 0 fully saturated rings. The second-order valence-corrected chi connectivity index (χ2v) is 5.75. The van der Waals surface area contributed by atoms with Gasteiger partial charge in [-0.25, -0.2) is 9.37 Å². The largest absolute Gasteiger partial charge is 0.416 e. The van der Waals surface area contributed by atoms with Gasteiger partial charge in [-0.05, 0) is 36.6 Å². The van der Waals surface area contributed by atoms with Crippen molar-refractivity contribution >= 4 is 16.5 Å². The molecule has 0 amide bonds. The van der Waals surface area contributed by atoms with E-state index in [0.717, 1.165) is 28.8 Å². The normalized spacial score (nSPS) is 18.3. The van der Waals surface area contributed by atoms with Crippen LogP contribution in [0.4, 0.5) is 22.7 Å². The molecule has 20 heavy (non-hydrogen) atoms. The lowest BCUT2D eigenvalue weighted by molar-refractivity contribution is -0.137. The first kappa shape index (κ1) is 13.4. The maximum absolute atomic E-state index is 13.9.